The maximum absolute atomic E-state index is 11.9. The topological polar surface area (TPSA) is 59.9 Å². The predicted octanol–water partition coefficient (Wildman–Crippen LogP) is 2.48. The highest BCUT2D eigenvalue weighted by Crippen LogP contribution is 2.22. The van der Waals surface area contributed by atoms with Gasteiger partial charge in [0.2, 0.25) is 0 Å². The number of carbonyl (C=O) groups excluding carboxylic acids is 1. The predicted molar refractivity (Wildman–Crippen MR) is 78.7 cm³/mol. The number of allylic oxidation sites excluding steroid dienone is 2. The van der Waals surface area contributed by atoms with Gasteiger partial charge in [-0.3, -0.25) is 4.79 Å². The first-order chi connectivity index (χ1) is 9.67. The summed E-state index contributed by atoms with van der Waals surface area (Å²) in [7, 11) is 2.94. The van der Waals surface area contributed by atoms with E-state index in [9.17, 15) is 4.79 Å². The van der Waals surface area contributed by atoms with Crippen molar-refractivity contribution < 1.29 is 14.4 Å². The number of ether oxygens (including phenoxy) is 1. The summed E-state index contributed by atoms with van der Waals surface area (Å²) in [5, 5.41) is 6.33. The zero-order valence-corrected chi connectivity index (χ0v) is 12.3. The number of nitrogens with zero attached hydrogens (tertiary/aromatic N) is 1. The van der Waals surface area contributed by atoms with Crippen LogP contribution in [0.25, 0.3) is 0 Å². The van der Waals surface area contributed by atoms with Crippen LogP contribution in [-0.4, -0.2) is 25.8 Å². The number of benzene rings is 1. The van der Waals surface area contributed by atoms with Crippen molar-refractivity contribution in [3.05, 3.63) is 41.7 Å². The van der Waals surface area contributed by atoms with Gasteiger partial charge in [0.05, 0.1) is 11.3 Å². The number of oxime groups is 1. The maximum atomic E-state index is 11.9. The van der Waals surface area contributed by atoms with Gasteiger partial charge in [-0.2, -0.15) is 0 Å². The average Bonchev–Trinajstić information content (AvgIpc) is 2.50. The number of hydrogen-bond acceptors (Lipinski definition) is 4. The van der Waals surface area contributed by atoms with E-state index in [-0.39, 0.29) is 11.6 Å². The summed E-state index contributed by atoms with van der Waals surface area (Å²) in [6, 6.07) is 7.22. The second kappa shape index (κ2) is 7.99. The molecule has 20 heavy (non-hydrogen) atoms. The molecule has 0 aliphatic rings. The Balaban J connectivity index is 3.23. The standard InChI is InChI=1S/C15H20N2O3/c1-5-11(6-2)20-13-10-8-7-9-12(13)14(17-19-4)15(18)16-3/h5,7-10H,6H2,1-4H3,(H,16,18). The summed E-state index contributed by atoms with van der Waals surface area (Å²) >= 11 is 0. The van der Waals surface area contributed by atoms with Crippen molar-refractivity contribution in [3.63, 3.8) is 0 Å². The molecule has 1 aromatic carbocycles. The van der Waals surface area contributed by atoms with E-state index in [4.69, 9.17) is 9.57 Å². The number of carbonyl (C=O) groups is 1. The molecule has 0 radical (unpaired) electrons. The lowest BCUT2D eigenvalue weighted by Crippen LogP contribution is -2.29. The number of nitrogens with one attached hydrogen (secondary N) is 1. The van der Waals surface area contributed by atoms with Crippen LogP contribution in [0.4, 0.5) is 0 Å². The Morgan fingerprint density at radius 3 is 2.65 bits per heavy atom. The summed E-state index contributed by atoms with van der Waals surface area (Å²) in [5.41, 5.74) is 0.763. The Morgan fingerprint density at radius 1 is 1.40 bits per heavy atom. The molecule has 5 heteroatoms. The van der Waals surface area contributed by atoms with E-state index in [0.717, 1.165) is 12.2 Å². The highest BCUT2D eigenvalue weighted by atomic mass is 16.6. The largest absolute Gasteiger partial charge is 0.461 e. The third-order valence-electron chi connectivity index (χ3n) is 2.68. The molecule has 0 fully saturated rings. The summed E-state index contributed by atoms with van der Waals surface area (Å²) in [6.07, 6.45) is 2.66. The number of likely N-dealkylation sites (N-methyl/N-ethyl adjacent to an activating group) is 1. The van der Waals surface area contributed by atoms with Crippen LogP contribution in [0, 0.1) is 0 Å². The third kappa shape index (κ3) is 3.85. The molecule has 0 heterocycles. The van der Waals surface area contributed by atoms with Gasteiger partial charge in [-0.05, 0) is 25.1 Å². The van der Waals surface area contributed by atoms with Gasteiger partial charge in [-0.1, -0.05) is 24.2 Å². The SMILES string of the molecule is CC=C(CC)Oc1ccccc1C(=NOC)C(=O)NC. The molecule has 0 saturated carbocycles. The van der Waals surface area contributed by atoms with Crippen LogP contribution in [0.3, 0.4) is 0 Å². The number of hydrogen-bond donors (Lipinski definition) is 1. The second-order valence-electron chi connectivity index (χ2n) is 3.91. The van der Waals surface area contributed by atoms with E-state index in [0.29, 0.717) is 11.3 Å². The van der Waals surface area contributed by atoms with Crippen LogP contribution in [-0.2, 0) is 9.63 Å². The van der Waals surface area contributed by atoms with E-state index in [1.807, 2.05) is 32.1 Å². The van der Waals surface area contributed by atoms with Gasteiger partial charge >= 0.3 is 0 Å². The van der Waals surface area contributed by atoms with E-state index in [2.05, 4.69) is 10.5 Å². The fourth-order valence-corrected chi connectivity index (χ4v) is 1.65. The molecule has 0 spiro atoms. The first kappa shape index (κ1) is 15.8. The molecule has 0 aliphatic heterocycles. The lowest BCUT2D eigenvalue weighted by Gasteiger charge is -2.13. The van der Waals surface area contributed by atoms with E-state index < -0.39 is 0 Å². The minimum absolute atomic E-state index is 0.178. The molecule has 0 bridgehead atoms. The molecule has 1 N–H and O–H groups in total. The van der Waals surface area contributed by atoms with Crippen LogP contribution < -0.4 is 10.1 Å². The first-order valence-electron chi connectivity index (χ1n) is 6.43. The smallest absolute Gasteiger partial charge is 0.273 e. The quantitative estimate of drug-likeness (QED) is 0.493. The molecule has 0 saturated heterocycles. The van der Waals surface area contributed by atoms with Crippen LogP contribution in [0.2, 0.25) is 0 Å². The van der Waals surface area contributed by atoms with Gasteiger partial charge in [-0.15, -0.1) is 0 Å². The summed E-state index contributed by atoms with van der Waals surface area (Å²) in [4.78, 5) is 16.6. The van der Waals surface area contributed by atoms with Crippen molar-refractivity contribution >= 4 is 11.6 Å². The molecule has 1 aromatic rings. The molecule has 1 amide bonds. The normalized spacial score (nSPS) is 12.0. The zero-order chi connectivity index (χ0) is 15.0. The second-order valence-corrected chi connectivity index (χ2v) is 3.91. The lowest BCUT2D eigenvalue weighted by molar-refractivity contribution is -0.114. The highest BCUT2D eigenvalue weighted by Gasteiger charge is 2.18. The van der Waals surface area contributed by atoms with E-state index >= 15 is 0 Å². The van der Waals surface area contributed by atoms with Crippen LogP contribution >= 0.6 is 0 Å². The zero-order valence-electron chi connectivity index (χ0n) is 12.3. The number of para-hydroxylation sites is 1. The minimum Gasteiger partial charge on any atom is -0.461 e. The Bertz CT molecular complexity index is 522. The average molecular weight is 276 g/mol. The Hall–Kier alpha value is -2.30. The fourth-order valence-electron chi connectivity index (χ4n) is 1.65. The molecule has 1 rings (SSSR count). The van der Waals surface area contributed by atoms with Gasteiger partial charge in [0.15, 0.2) is 5.71 Å². The molecule has 0 aliphatic carbocycles. The van der Waals surface area contributed by atoms with Gasteiger partial charge < -0.3 is 14.9 Å². The van der Waals surface area contributed by atoms with E-state index in [1.54, 1.807) is 19.2 Å². The van der Waals surface area contributed by atoms with Crippen molar-refractivity contribution in [3.8, 4) is 5.75 Å². The molecule has 5 nitrogen and oxygen atoms in total. The van der Waals surface area contributed by atoms with Gasteiger partial charge in [0.25, 0.3) is 5.91 Å². The third-order valence-corrected chi connectivity index (χ3v) is 2.68. The van der Waals surface area contributed by atoms with Crippen molar-refractivity contribution in [2.75, 3.05) is 14.2 Å². The van der Waals surface area contributed by atoms with Crippen LogP contribution in [0.5, 0.6) is 5.75 Å². The molecular weight excluding hydrogens is 256 g/mol. The number of amides is 1. The van der Waals surface area contributed by atoms with Gasteiger partial charge in [-0.25, -0.2) is 0 Å². The molecule has 108 valence electrons. The molecule has 0 unspecified atom stereocenters. The summed E-state index contributed by atoms with van der Waals surface area (Å²) < 4.78 is 5.81. The lowest BCUT2D eigenvalue weighted by atomic mass is 10.1. The highest BCUT2D eigenvalue weighted by molar-refractivity contribution is 6.45. The summed E-state index contributed by atoms with van der Waals surface area (Å²) in [5.74, 6) is 1.06. The fraction of sp³-hybridized carbons (Fsp3) is 0.333. The number of rotatable bonds is 6. The van der Waals surface area contributed by atoms with Crippen LogP contribution in [0.1, 0.15) is 25.8 Å². The van der Waals surface area contributed by atoms with Crippen molar-refractivity contribution in [2.45, 2.75) is 20.3 Å². The first-order valence-corrected chi connectivity index (χ1v) is 6.43. The Morgan fingerprint density at radius 2 is 2.10 bits per heavy atom. The Kier molecular flexibility index (Phi) is 6.29. The molecule has 0 atom stereocenters. The monoisotopic (exact) mass is 276 g/mol. The van der Waals surface area contributed by atoms with Crippen molar-refractivity contribution in [2.24, 2.45) is 5.16 Å². The van der Waals surface area contributed by atoms with Crippen LogP contribution in [0.15, 0.2) is 41.3 Å². The van der Waals surface area contributed by atoms with E-state index in [1.165, 1.54) is 7.11 Å². The maximum Gasteiger partial charge on any atom is 0.273 e. The van der Waals surface area contributed by atoms with Crippen molar-refractivity contribution in [1.82, 2.24) is 5.32 Å². The van der Waals surface area contributed by atoms with Gasteiger partial charge in [0, 0.05) is 13.5 Å². The molecule has 0 aromatic heterocycles. The Labute approximate surface area is 119 Å². The molecular formula is C15H20N2O3. The summed E-state index contributed by atoms with van der Waals surface area (Å²) in [6.45, 7) is 3.91. The minimum atomic E-state index is -0.332. The van der Waals surface area contributed by atoms with Gasteiger partial charge in [0.1, 0.15) is 12.9 Å². The van der Waals surface area contributed by atoms with Crippen molar-refractivity contribution in [1.29, 1.82) is 0 Å².